The minimum Gasteiger partial charge on any atom is -0.367 e. The van der Waals surface area contributed by atoms with E-state index in [2.05, 4.69) is 20.6 Å². The largest absolute Gasteiger partial charge is 0.367 e. The van der Waals surface area contributed by atoms with Crippen LogP contribution in [0.3, 0.4) is 0 Å². The molecular formula is C26H25F2N7O2. The van der Waals surface area contributed by atoms with E-state index in [-0.39, 0.29) is 5.69 Å². The van der Waals surface area contributed by atoms with Gasteiger partial charge < -0.3 is 20.1 Å². The zero-order valence-corrected chi connectivity index (χ0v) is 20.3. The van der Waals surface area contributed by atoms with Gasteiger partial charge in [-0.3, -0.25) is 9.59 Å². The third-order valence-corrected chi connectivity index (χ3v) is 7.39. The van der Waals surface area contributed by atoms with Gasteiger partial charge in [-0.15, -0.1) is 0 Å². The number of nitrogens with one attached hydrogen (secondary N) is 2. The second-order valence-corrected chi connectivity index (χ2v) is 9.62. The molecule has 0 bridgehead atoms. The highest BCUT2D eigenvalue weighted by molar-refractivity contribution is 6.08. The second kappa shape index (κ2) is 8.77. The summed E-state index contributed by atoms with van der Waals surface area (Å²) in [7, 11) is 1.95. The van der Waals surface area contributed by atoms with E-state index in [0.717, 1.165) is 66.9 Å². The van der Waals surface area contributed by atoms with Crippen LogP contribution in [-0.4, -0.2) is 51.4 Å². The highest BCUT2D eigenvalue weighted by atomic mass is 19.1. The molecule has 6 rings (SSSR count). The van der Waals surface area contributed by atoms with E-state index < -0.39 is 28.8 Å². The van der Waals surface area contributed by atoms with E-state index in [9.17, 15) is 18.4 Å². The standard InChI is InChI=1S/C26H25F2N7O2/c1-14-30-23-21(33(14)2)8-6-19(25(23)34-12-15-10-29-11-16(15)13-34)31-26(37)20-7-9-22(36)35(32-20)24-17(27)4-3-5-18(24)28/h3-9,15-16,29H,10-13H2,1-2H3,(H,31,37). The summed E-state index contributed by atoms with van der Waals surface area (Å²) in [5, 5.41) is 10.3. The van der Waals surface area contributed by atoms with Crippen molar-refractivity contribution in [3.8, 4) is 5.69 Å². The number of rotatable bonds is 4. The van der Waals surface area contributed by atoms with Gasteiger partial charge in [0.25, 0.3) is 11.5 Å². The predicted molar refractivity (Wildman–Crippen MR) is 135 cm³/mol. The summed E-state index contributed by atoms with van der Waals surface area (Å²) in [5.74, 6) is -0.644. The number of hydrogen-bond acceptors (Lipinski definition) is 6. The average molecular weight is 506 g/mol. The monoisotopic (exact) mass is 505 g/mol. The third kappa shape index (κ3) is 3.86. The van der Waals surface area contributed by atoms with Gasteiger partial charge in [-0.2, -0.15) is 9.78 Å². The Balaban J connectivity index is 1.39. The van der Waals surface area contributed by atoms with Crippen molar-refractivity contribution < 1.29 is 13.6 Å². The molecule has 2 saturated heterocycles. The van der Waals surface area contributed by atoms with E-state index >= 15 is 0 Å². The summed E-state index contributed by atoms with van der Waals surface area (Å²) in [6, 6.07) is 9.27. The first-order valence-corrected chi connectivity index (χ1v) is 12.1. The number of carbonyl (C=O) groups is 1. The number of imidazole rings is 1. The molecule has 2 unspecified atom stereocenters. The second-order valence-electron chi connectivity index (χ2n) is 9.62. The molecule has 11 heteroatoms. The molecule has 2 N–H and O–H groups in total. The lowest BCUT2D eigenvalue weighted by Crippen LogP contribution is -2.28. The third-order valence-electron chi connectivity index (χ3n) is 7.39. The maximum absolute atomic E-state index is 14.3. The molecule has 2 atom stereocenters. The smallest absolute Gasteiger partial charge is 0.276 e. The van der Waals surface area contributed by atoms with Crippen molar-refractivity contribution in [3.63, 3.8) is 0 Å². The van der Waals surface area contributed by atoms with Crippen LogP contribution >= 0.6 is 0 Å². The molecule has 2 aromatic carbocycles. The van der Waals surface area contributed by atoms with Crippen molar-refractivity contribution in [2.75, 3.05) is 36.4 Å². The SMILES string of the molecule is Cc1nc2c(N3CC4CNCC4C3)c(NC(=O)c3ccc(=O)n(-c4c(F)cccc4F)n3)ccc2n1C. The number of amides is 1. The van der Waals surface area contributed by atoms with Gasteiger partial charge in [-0.25, -0.2) is 13.8 Å². The Morgan fingerprint density at radius 3 is 2.43 bits per heavy atom. The van der Waals surface area contributed by atoms with E-state index in [0.29, 0.717) is 22.2 Å². The van der Waals surface area contributed by atoms with Crippen molar-refractivity contribution in [1.29, 1.82) is 0 Å². The quantitative estimate of drug-likeness (QED) is 0.443. The van der Waals surface area contributed by atoms with Gasteiger partial charge >= 0.3 is 0 Å². The zero-order chi connectivity index (χ0) is 25.8. The lowest BCUT2D eigenvalue weighted by atomic mass is 10.0. The van der Waals surface area contributed by atoms with Crippen molar-refractivity contribution in [1.82, 2.24) is 24.6 Å². The fraction of sp³-hybridized carbons (Fsp3) is 0.308. The number of hydrogen-bond donors (Lipinski definition) is 2. The Kier molecular flexibility index (Phi) is 5.52. The summed E-state index contributed by atoms with van der Waals surface area (Å²) >= 11 is 0. The zero-order valence-electron chi connectivity index (χ0n) is 20.3. The van der Waals surface area contributed by atoms with Gasteiger partial charge in [0.1, 0.15) is 22.7 Å². The molecule has 1 amide bonds. The topological polar surface area (TPSA) is 97.1 Å². The van der Waals surface area contributed by atoms with Crippen LogP contribution in [0.1, 0.15) is 16.3 Å². The van der Waals surface area contributed by atoms with Crippen LogP contribution in [0.2, 0.25) is 0 Å². The molecule has 37 heavy (non-hydrogen) atoms. The Bertz CT molecular complexity index is 1580. The van der Waals surface area contributed by atoms with Gasteiger partial charge in [-0.1, -0.05) is 6.07 Å². The van der Waals surface area contributed by atoms with Crippen LogP contribution in [0, 0.1) is 30.4 Å². The molecule has 2 aliphatic heterocycles. The number of anilines is 2. The minimum absolute atomic E-state index is 0.159. The number of benzene rings is 2. The normalized spacial score (nSPS) is 19.0. The lowest BCUT2D eigenvalue weighted by Gasteiger charge is -2.24. The van der Waals surface area contributed by atoms with Crippen LogP contribution in [-0.2, 0) is 7.05 Å². The first-order chi connectivity index (χ1) is 17.8. The van der Waals surface area contributed by atoms with Crippen molar-refractivity contribution in [3.05, 3.63) is 76.0 Å². The van der Waals surface area contributed by atoms with E-state index in [1.165, 1.54) is 12.1 Å². The molecule has 190 valence electrons. The highest BCUT2D eigenvalue weighted by Crippen LogP contribution is 2.39. The first-order valence-electron chi connectivity index (χ1n) is 12.1. The van der Waals surface area contributed by atoms with Gasteiger partial charge in [0.2, 0.25) is 0 Å². The molecule has 2 fully saturated rings. The number of para-hydroxylation sites is 1. The van der Waals surface area contributed by atoms with Crippen LogP contribution in [0.4, 0.5) is 20.2 Å². The highest BCUT2D eigenvalue weighted by Gasteiger charge is 2.38. The molecule has 9 nitrogen and oxygen atoms in total. The molecule has 2 aromatic heterocycles. The fourth-order valence-corrected chi connectivity index (χ4v) is 5.39. The van der Waals surface area contributed by atoms with Gasteiger partial charge in [0.15, 0.2) is 11.6 Å². The number of aromatic nitrogens is 4. The Morgan fingerprint density at radius 2 is 1.73 bits per heavy atom. The molecule has 4 heterocycles. The summed E-state index contributed by atoms with van der Waals surface area (Å²) in [6.45, 7) is 5.52. The number of carbonyl (C=O) groups excluding carboxylic acids is 1. The van der Waals surface area contributed by atoms with Gasteiger partial charge in [0, 0.05) is 39.3 Å². The van der Waals surface area contributed by atoms with E-state index in [4.69, 9.17) is 4.98 Å². The summed E-state index contributed by atoms with van der Waals surface area (Å²) in [4.78, 5) is 32.7. The molecule has 0 radical (unpaired) electrons. The van der Waals surface area contributed by atoms with Crippen LogP contribution in [0.25, 0.3) is 16.7 Å². The summed E-state index contributed by atoms with van der Waals surface area (Å²) < 4.78 is 31.3. The van der Waals surface area contributed by atoms with E-state index in [1.807, 2.05) is 30.7 Å². The van der Waals surface area contributed by atoms with Crippen molar-refractivity contribution >= 4 is 28.3 Å². The first kappa shape index (κ1) is 23.3. The minimum atomic E-state index is -0.959. The molecule has 0 spiro atoms. The molecule has 4 aromatic rings. The lowest BCUT2D eigenvalue weighted by molar-refractivity contribution is 0.102. The number of nitrogens with zero attached hydrogens (tertiary/aromatic N) is 5. The molecule has 0 saturated carbocycles. The molecule has 2 aliphatic rings. The summed E-state index contributed by atoms with van der Waals surface area (Å²) in [5.41, 5.74) is 1.57. The van der Waals surface area contributed by atoms with Crippen LogP contribution in [0.5, 0.6) is 0 Å². The Hall–Kier alpha value is -4.12. The predicted octanol–water partition coefficient (Wildman–Crippen LogP) is 2.61. The molecule has 0 aliphatic carbocycles. The molecular weight excluding hydrogens is 480 g/mol. The Labute approximate surface area is 210 Å². The van der Waals surface area contributed by atoms with Crippen LogP contribution in [0.15, 0.2) is 47.3 Å². The number of aryl methyl sites for hydroxylation is 2. The maximum Gasteiger partial charge on any atom is 0.276 e. The maximum atomic E-state index is 14.3. The van der Waals surface area contributed by atoms with Gasteiger partial charge in [0.05, 0.1) is 16.9 Å². The van der Waals surface area contributed by atoms with Crippen LogP contribution < -0.4 is 21.1 Å². The van der Waals surface area contributed by atoms with Crippen molar-refractivity contribution in [2.45, 2.75) is 6.92 Å². The average Bonchev–Trinajstić information content (AvgIpc) is 3.54. The van der Waals surface area contributed by atoms with Crippen molar-refractivity contribution in [2.24, 2.45) is 18.9 Å². The van der Waals surface area contributed by atoms with Gasteiger partial charge in [-0.05, 0) is 49.1 Å². The fourth-order valence-electron chi connectivity index (χ4n) is 5.39. The van der Waals surface area contributed by atoms with E-state index in [1.54, 1.807) is 0 Å². The Morgan fingerprint density at radius 1 is 1.03 bits per heavy atom. The number of fused-ring (bicyclic) bond motifs is 2. The summed E-state index contributed by atoms with van der Waals surface area (Å²) in [6.07, 6.45) is 0. The number of halogens is 2.